The number of nitro benzene ring substituents is 1. The summed E-state index contributed by atoms with van der Waals surface area (Å²) in [4.78, 5) is 12.9. The van der Waals surface area contributed by atoms with Crippen molar-refractivity contribution in [3.8, 4) is 11.8 Å². The quantitative estimate of drug-likeness (QED) is 0.334. The van der Waals surface area contributed by atoms with Gasteiger partial charge in [0.05, 0.1) is 23.7 Å². The fraction of sp³-hybridized carbons (Fsp3) is 0.286. The number of non-ortho nitro benzene ring substituents is 1. The zero-order chi connectivity index (χ0) is 19.2. The summed E-state index contributed by atoms with van der Waals surface area (Å²) in [6.45, 7) is 2.07. The Kier molecular flexibility index (Phi) is 5.72. The fourth-order valence-corrected chi connectivity index (χ4v) is 3.29. The van der Waals surface area contributed by atoms with Crippen molar-refractivity contribution >= 4 is 23.0 Å². The average Bonchev–Trinajstić information content (AvgIpc) is 2.72. The van der Waals surface area contributed by atoms with Crippen LogP contribution in [0.25, 0.3) is 11.6 Å². The number of allylic oxidation sites excluding steroid dienone is 1. The number of hydrogen-bond donors (Lipinski definition) is 0. The highest BCUT2D eigenvalue weighted by Gasteiger charge is 2.14. The molecular weight excluding hydrogens is 342 g/mol. The van der Waals surface area contributed by atoms with Crippen LogP contribution in [-0.4, -0.2) is 25.1 Å². The zero-order valence-electron chi connectivity index (χ0n) is 15.2. The number of anilines is 1. The van der Waals surface area contributed by atoms with E-state index in [4.69, 9.17) is 4.74 Å². The monoisotopic (exact) mass is 363 g/mol. The summed E-state index contributed by atoms with van der Waals surface area (Å²) < 4.78 is 5.53. The van der Waals surface area contributed by atoms with E-state index in [0.29, 0.717) is 16.9 Å². The lowest BCUT2D eigenvalue weighted by Crippen LogP contribution is -2.29. The lowest BCUT2D eigenvalue weighted by molar-refractivity contribution is -0.384. The highest BCUT2D eigenvalue weighted by molar-refractivity contribution is 5.91. The number of piperidine rings is 1. The van der Waals surface area contributed by atoms with Crippen molar-refractivity contribution < 1.29 is 9.66 Å². The first-order valence-corrected chi connectivity index (χ1v) is 8.92. The molecule has 0 atom stereocenters. The molecular formula is C21H21N3O3. The minimum Gasteiger partial charge on any atom is -0.496 e. The zero-order valence-corrected chi connectivity index (χ0v) is 15.2. The van der Waals surface area contributed by atoms with E-state index < -0.39 is 4.92 Å². The van der Waals surface area contributed by atoms with Gasteiger partial charge in [-0.15, -0.1) is 0 Å². The first-order chi connectivity index (χ1) is 13.1. The minimum absolute atomic E-state index is 0.0407. The largest absolute Gasteiger partial charge is 0.496 e. The van der Waals surface area contributed by atoms with Crippen LogP contribution in [0.2, 0.25) is 0 Å². The van der Waals surface area contributed by atoms with Gasteiger partial charge in [0, 0.05) is 42.5 Å². The highest BCUT2D eigenvalue weighted by Crippen LogP contribution is 2.31. The second kappa shape index (κ2) is 8.37. The molecule has 0 radical (unpaired) electrons. The molecule has 138 valence electrons. The Hall–Kier alpha value is -3.33. The van der Waals surface area contributed by atoms with Crippen LogP contribution < -0.4 is 9.64 Å². The van der Waals surface area contributed by atoms with E-state index in [9.17, 15) is 15.4 Å². The van der Waals surface area contributed by atoms with E-state index in [1.54, 1.807) is 25.3 Å². The Bertz CT molecular complexity index is 909. The molecule has 6 heteroatoms. The molecule has 2 aromatic carbocycles. The third-order valence-corrected chi connectivity index (χ3v) is 4.73. The summed E-state index contributed by atoms with van der Waals surface area (Å²) in [7, 11) is 1.60. The molecule has 0 amide bonds. The van der Waals surface area contributed by atoms with Crippen molar-refractivity contribution in [1.29, 1.82) is 5.26 Å². The number of ether oxygens (including phenoxy) is 1. The number of methoxy groups -OCH3 is 1. The van der Waals surface area contributed by atoms with E-state index in [1.165, 1.54) is 31.4 Å². The van der Waals surface area contributed by atoms with Gasteiger partial charge in [-0.25, -0.2) is 0 Å². The summed E-state index contributed by atoms with van der Waals surface area (Å²) in [5.41, 5.74) is 2.69. The average molecular weight is 363 g/mol. The number of benzene rings is 2. The van der Waals surface area contributed by atoms with E-state index in [-0.39, 0.29) is 5.69 Å². The predicted molar refractivity (Wildman–Crippen MR) is 106 cm³/mol. The van der Waals surface area contributed by atoms with Crippen LogP contribution >= 0.6 is 0 Å². The maximum Gasteiger partial charge on any atom is 0.270 e. The van der Waals surface area contributed by atoms with Gasteiger partial charge in [-0.2, -0.15) is 5.26 Å². The molecule has 1 fully saturated rings. The van der Waals surface area contributed by atoms with Crippen LogP contribution in [0.3, 0.4) is 0 Å². The lowest BCUT2D eigenvalue weighted by Gasteiger charge is -2.29. The lowest BCUT2D eigenvalue weighted by atomic mass is 10.0. The molecule has 0 aromatic heterocycles. The molecule has 1 saturated heterocycles. The van der Waals surface area contributed by atoms with Gasteiger partial charge in [0.1, 0.15) is 5.75 Å². The van der Waals surface area contributed by atoms with Gasteiger partial charge in [-0.05, 0) is 43.0 Å². The molecule has 0 spiro atoms. The molecule has 0 aliphatic carbocycles. The van der Waals surface area contributed by atoms with Gasteiger partial charge in [0.2, 0.25) is 0 Å². The van der Waals surface area contributed by atoms with E-state index >= 15 is 0 Å². The van der Waals surface area contributed by atoms with Gasteiger partial charge < -0.3 is 9.64 Å². The van der Waals surface area contributed by atoms with Crippen molar-refractivity contribution in [1.82, 2.24) is 0 Å². The Balaban J connectivity index is 1.95. The third-order valence-electron chi connectivity index (χ3n) is 4.73. The number of hydrogen-bond acceptors (Lipinski definition) is 5. The predicted octanol–water partition coefficient (Wildman–Crippen LogP) is 4.66. The fourth-order valence-electron chi connectivity index (χ4n) is 3.29. The summed E-state index contributed by atoms with van der Waals surface area (Å²) in [6, 6.07) is 14.2. The molecule has 0 unspecified atom stereocenters. The maximum absolute atomic E-state index is 11.0. The van der Waals surface area contributed by atoms with Crippen LogP contribution in [-0.2, 0) is 0 Å². The normalized spacial score (nSPS) is 14.5. The second-order valence-corrected chi connectivity index (χ2v) is 6.45. The Morgan fingerprint density at radius 1 is 1.22 bits per heavy atom. The smallest absolute Gasteiger partial charge is 0.270 e. The molecule has 0 N–H and O–H groups in total. The molecule has 3 rings (SSSR count). The van der Waals surface area contributed by atoms with Crippen molar-refractivity contribution in [2.45, 2.75) is 19.3 Å². The van der Waals surface area contributed by atoms with E-state index in [0.717, 1.165) is 24.3 Å². The van der Waals surface area contributed by atoms with Crippen LogP contribution in [0.5, 0.6) is 5.75 Å². The first kappa shape index (κ1) is 18.5. The van der Waals surface area contributed by atoms with Gasteiger partial charge in [-0.3, -0.25) is 10.1 Å². The molecule has 1 aliphatic heterocycles. The minimum atomic E-state index is -0.466. The van der Waals surface area contributed by atoms with Crippen molar-refractivity contribution in [3.63, 3.8) is 0 Å². The van der Waals surface area contributed by atoms with Gasteiger partial charge >= 0.3 is 0 Å². The SMILES string of the molecule is COc1cc(N2CCCCC2)ccc1C=C(C#N)c1cccc([N+](=O)[O-])c1. The summed E-state index contributed by atoms with van der Waals surface area (Å²) in [5, 5.41) is 20.5. The number of nitrogens with zero attached hydrogens (tertiary/aromatic N) is 3. The van der Waals surface area contributed by atoms with Crippen LogP contribution in [0.1, 0.15) is 30.4 Å². The number of nitro groups is 1. The van der Waals surface area contributed by atoms with E-state index in [2.05, 4.69) is 11.0 Å². The molecule has 2 aromatic rings. The Morgan fingerprint density at radius 3 is 2.67 bits per heavy atom. The Morgan fingerprint density at radius 2 is 2.00 bits per heavy atom. The molecule has 1 heterocycles. The highest BCUT2D eigenvalue weighted by atomic mass is 16.6. The maximum atomic E-state index is 11.0. The van der Waals surface area contributed by atoms with Crippen LogP contribution in [0.4, 0.5) is 11.4 Å². The van der Waals surface area contributed by atoms with Crippen LogP contribution in [0.15, 0.2) is 42.5 Å². The molecule has 1 aliphatic rings. The Labute approximate surface area is 158 Å². The van der Waals surface area contributed by atoms with E-state index in [1.807, 2.05) is 18.2 Å². The molecule has 0 bridgehead atoms. The second-order valence-electron chi connectivity index (χ2n) is 6.45. The van der Waals surface area contributed by atoms with Crippen LogP contribution in [0, 0.1) is 21.4 Å². The summed E-state index contributed by atoms with van der Waals surface area (Å²) >= 11 is 0. The van der Waals surface area contributed by atoms with Crippen molar-refractivity contribution in [2.24, 2.45) is 0 Å². The molecule has 6 nitrogen and oxygen atoms in total. The summed E-state index contributed by atoms with van der Waals surface area (Å²) in [6.07, 6.45) is 5.35. The number of nitriles is 1. The topological polar surface area (TPSA) is 79.4 Å². The van der Waals surface area contributed by atoms with Gasteiger partial charge in [-0.1, -0.05) is 12.1 Å². The standard InChI is InChI=1S/C21H21N3O3/c1-27-21-14-19(23-10-3-2-4-11-23)9-8-17(21)12-18(15-22)16-6-5-7-20(13-16)24(25)26/h5-9,12-14H,2-4,10-11H2,1H3. The summed E-state index contributed by atoms with van der Waals surface area (Å²) in [5.74, 6) is 0.677. The van der Waals surface area contributed by atoms with Crippen molar-refractivity contribution in [3.05, 3.63) is 63.7 Å². The molecule has 27 heavy (non-hydrogen) atoms. The first-order valence-electron chi connectivity index (χ1n) is 8.92. The molecule has 0 saturated carbocycles. The van der Waals surface area contributed by atoms with Crippen molar-refractivity contribution in [2.75, 3.05) is 25.1 Å². The van der Waals surface area contributed by atoms with Gasteiger partial charge in [0.15, 0.2) is 0 Å². The third kappa shape index (κ3) is 4.26. The van der Waals surface area contributed by atoms with Gasteiger partial charge in [0.25, 0.3) is 5.69 Å². The number of rotatable bonds is 5.